The van der Waals surface area contributed by atoms with Crippen LogP contribution in [0, 0.1) is 11.3 Å². The molecule has 0 aliphatic carbocycles. The number of hydrogen-bond donors (Lipinski definition) is 1. The molecule has 0 bridgehead atoms. The summed E-state index contributed by atoms with van der Waals surface area (Å²) >= 11 is 0. The van der Waals surface area contributed by atoms with E-state index < -0.39 is 5.41 Å². The molecule has 0 aromatic rings. The minimum Gasteiger partial charge on any atom is -0.466 e. The van der Waals surface area contributed by atoms with Gasteiger partial charge in [0, 0.05) is 6.54 Å². The van der Waals surface area contributed by atoms with Gasteiger partial charge in [0.25, 0.3) is 0 Å². The molecule has 3 heteroatoms. The molecule has 0 saturated heterocycles. The molecule has 0 fully saturated rings. The fraction of sp³-hybridized carbons (Fsp3) is 0.929. The molecular formula is C14H29NO2. The molecule has 0 aromatic carbocycles. The van der Waals surface area contributed by atoms with E-state index in [2.05, 4.69) is 20.8 Å². The molecule has 0 aliphatic rings. The monoisotopic (exact) mass is 243 g/mol. The molecule has 1 atom stereocenters. The van der Waals surface area contributed by atoms with Crippen LogP contribution in [-0.2, 0) is 9.53 Å². The van der Waals surface area contributed by atoms with Crippen LogP contribution in [0.4, 0.5) is 0 Å². The molecule has 0 saturated carbocycles. The number of esters is 1. The minimum absolute atomic E-state index is 0.117. The predicted molar refractivity (Wildman–Crippen MR) is 71.7 cm³/mol. The lowest BCUT2D eigenvalue weighted by atomic mass is 9.73. The Bertz CT molecular complexity index is 216. The van der Waals surface area contributed by atoms with Crippen molar-refractivity contribution in [2.45, 2.75) is 59.8 Å². The summed E-state index contributed by atoms with van der Waals surface area (Å²) in [4.78, 5) is 12.1. The van der Waals surface area contributed by atoms with Crippen LogP contribution >= 0.6 is 0 Å². The Kier molecular flexibility index (Phi) is 8.23. The van der Waals surface area contributed by atoms with Crippen molar-refractivity contribution < 1.29 is 9.53 Å². The van der Waals surface area contributed by atoms with Crippen LogP contribution in [0.25, 0.3) is 0 Å². The Labute approximate surface area is 106 Å². The third-order valence-electron chi connectivity index (χ3n) is 3.63. The molecule has 0 heterocycles. The molecule has 1 unspecified atom stereocenters. The Morgan fingerprint density at radius 1 is 1.24 bits per heavy atom. The van der Waals surface area contributed by atoms with Gasteiger partial charge in [-0.3, -0.25) is 4.79 Å². The maximum absolute atomic E-state index is 12.1. The molecule has 0 rings (SSSR count). The molecule has 17 heavy (non-hydrogen) atoms. The highest BCUT2D eigenvalue weighted by Gasteiger charge is 2.40. The van der Waals surface area contributed by atoms with Crippen molar-refractivity contribution in [1.29, 1.82) is 0 Å². The van der Waals surface area contributed by atoms with Gasteiger partial charge in [-0.05, 0) is 19.3 Å². The summed E-state index contributed by atoms with van der Waals surface area (Å²) in [5.41, 5.74) is 5.37. The van der Waals surface area contributed by atoms with Crippen LogP contribution in [0.2, 0.25) is 0 Å². The maximum atomic E-state index is 12.1. The summed E-state index contributed by atoms with van der Waals surface area (Å²) in [5, 5.41) is 0. The third kappa shape index (κ3) is 4.66. The summed E-state index contributed by atoms with van der Waals surface area (Å²) in [5.74, 6) is 0.113. The van der Waals surface area contributed by atoms with Crippen LogP contribution in [0.3, 0.4) is 0 Å². The van der Waals surface area contributed by atoms with Gasteiger partial charge in [-0.1, -0.05) is 46.5 Å². The van der Waals surface area contributed by atoms with E-state index in [1.807, 2.05) is 6.92 Å². The van der Waals surface area contributed by atoms with Gasteiger partial charge < -0.3 is 10.5 Å². The molecule has 0 aromatic heterocycles. The SMILES string of the molecule is CCCCCCC(CN)(C(=O)OCC)C(C)C. The third-order valence-corrected chi connectivity index (χ3v) is 3.63. The first-order valence-electron chi connectivity index (χ1n) is 6.92. The largest absolute Gasteiger partial charge is 0.466 e. The minimum atomic E-state index is -0.482. The Morgan fingerprint density at radius 2 is 1.88 bits per heavy atom. The van der Waals surface area contributed by atoms with Crippen molar-refractivity contribution in [2.24, 2.45) is 17.1 Å². The average molecular weight is 243 g/mol. The average Bonchev–Trinajstić information content (AvgIpc) is 2.29. The Hall–Kier alpha value is -0.570. The number of nitrogens with two attached hydrogens (primary N) is 1. The molecule has 0 aliphatic heterocycles. The van der Waals surface area contributed by atoms with E-state index in [1.165, 1.54) is 19.3 Å². The molecule has 2 N–H and O–H groups in total. The van der Waals surface area contributed by atoms with Crippen molar-refractivity contribution in [3.63, 3.8) is 0 Å². The number of carbonyl (C=O) groups is 1. The van der Waals surface area contributed by atoms with Gasteiger partial charge >= 0.3 is 5.97 Å². The topological polar surface area (TPSA) is 52.3 Å². The zero-order valence-electron chi connectivity index (χ0n) is 11.9. The molecule has 0 spiro atoms. The standard InChI is InChI=1S/C14H29NO2/c1-5-7-8-9-10-14(11-15,12(3)4)13(16)17-6-2/h12H,5-11,15H2,1-4H3. The van der Waals surface area contributed by atoms with E-state index >= 15 is 0 Å². The van der Waals surface area contributed by atoms with E-state index in [4.69, 9.17) is 10.5 Å². The van der Waals surface area contributed by atoms with Crippen LogP contribution in [-0.4, -0.2) is 19.1 Å². The molecule has 0 radical (unpaired) electrons. The highest BCUT2D eigenvalue weighted by atomic mass is 16.5. The van der Waals surface area contributed by atoms with Gasteiger partial charge in [-0.25, -0.2) is 0 Å². The van der Waals surface area contributed by atoms with Gasteiger partial charge in [0.1, 0.15) is 0 Å². The van der Waals surface area contributed by atoms with Crippen LogP contribution in [0.15, 0.2) is 0 Å². The first kappa shape index (κ1) is 16.4. The lowest BCUT2D eigenvalue weighted by molar-refractivity contribution is -0.158. The van der Waals surface area contributed by atoms with Crippen molar-refractivity contribution in [1.82, 2.24) is 0 Å². The van der Waals surface area contributed by atoms with E-state index in [9.17, 15) is 4.79 Å². The summed E-state index contributed by atoms with van der Waals surface area (Å²) in [7, 11) is 0. The van der Waals surface area contributed by atoms with Crippen LogP contribution in [0.5, 0.6) is 0 Å². The summed E-state index contributed by atoms with van der Waals surface area (Å²) in [6, 6.07) is 0. The second kappa shape index (κ2) is 8.51. The zero-order chi connectivity index (χ0) is 13.3. The summed E-state index contributed by atoms with van der Waals surface area (Å²) in [6.07, 6.45) is 5.50. The molecule has 3 nitrogen and oxygen atoms in total. The van der Waals surface area contributed by atoms with Gasteiger partial charge in [0.15, 0.2) is 0 Å². The molecule has 0 amide bonds. The van der Waals surface area contributed by atoms with Crippen molar-refractivity contribution in [3.8, 4) is 0 Å². The van der Waals surface area contributed by atoms with Gasteiger partial charge in [0.05, 0.1) is 12.0 Å². The summed E-state index contributed by atoms with van der Waals surface area (Å²) in [6.45, 7) is 8.96. The Morgan fingerprint density at radius 3 is 2.29 bits per heavy atom. The van der Waals surface area contributed by atoms with Gasteiger partial charge in [-0.2, -0.15) is 0 Å². The normalized spacial score (nSPS) is 14.7. The molecular weight excluding hydrogens is 214 g/mol. The predicted octanol–water partition coefficient (Wildman–Crippen LogP) is 3.12. The first-order chi connectivity index (χ1) is 8.05. The second-order valence-electron chi connectivity index (χ2n) is 5.05. The quantitative estimate of drug-likeness (QED) is 0.500. The number of ether oxygens (including phenoxy) is 1. The Balaban J connectivity index is 4.53. The van der Waals surface area contributed by atoms with Crippen LogP contribution < -0.4 is 5.73 Å². The van der Waals surface area contributed by atoms with Gasteiger partial charge in [0.2, 0.25) is 0 Å². The van der Waals surface area contributed by atoms with E-state index in [1.54, 1.807) is 0 Å². The number of unbranched alkanes of at least 4 members (excludes halogenated alkanes) is 3. The van der Waals surface area contributed by atoms with E-state index in [0.29, 0.717) is 13.2 Å². The highest BCUT2D eigenvalue weighted by Crippen LogP contribution is 2.34. The second-order valence-corrected chi connectivity index (χ2v) is 5.05. The van der Waals surface area contributed by atoms with Crippen molar-refractivity contribution in [3.05, 3.63) is 0 Å². The smallest absolute Gasteiger partial charge is 0.313 e. The zero-order valence-corrected chi connectivity index (χ0v) is 11.9. The first-order valence-corrected chi connectivity index (χ1v) is 6.92. The van der Waals surface area contributed by atoms with Crippen LogP contribution in [0.1, 0.15) is 59.8 Å². The van der Waals surface area contributed by atoms with Crippen molar-refractivity contribution in [2.75, 3.05) is 13.2 Å². The maximum Gasteiger partial charge on any atom is 0.313 e. The van der Waals surface area contributed by atoms with Gasteiger partial charge in [-0.15, -0.1) is 0 Å². The van der Waals surface area contributed by atoms with E-state index in [-0.39, 0.29) is 11.9 Å². The van der Waals surface area contributed by atoms with E-state index in [0.717, 1.165) is 12.8 Å². The number of hydrogen-bond acceptors (Lipinski definition) is 3. The summed E-state index contributed by atoms with van der Waals surface area (Å²) < 4.78 is 5.20. The fourth-order valence-corrected chi connectivity index (χ4v) is 2.19. The fourth-order valence-electron chi connectivity index (χ4n) is 2.19. The molecule has 102 valence electrons. The lowest BCUT2D eigenvalue weighted by Crippen LogP contribution is -2.44. The van der Waals surface area contributed by atoms with Crippen molar-refractivity contribution >= 4 is 5.97 Å². The number of carbonyl (C=O) groups excluding carboxylic acids is 1. The lowest BCUT2D eigenvalue weighted by Gasteiger charge is -2.34. The highest BCUT2D eigenvalue weighted by molar-refractivity contribution is 5.77. The number of rotatable bonds is 9.